The van der Waals surface area contributed by atoms with Crippen LogP contribution in [0.4, 0.5) is 0 Å². The predicted octanol–water partition coefficient (Wildman–Crippen LogP) is 0.791. The van der Waals surface area contributed by atoms with Crippen molar-refractivity contribution in [2.24, 2.45) is 7.05 Å². The summed E-state index contributed by atoms with van der Waals surface area (Å²) >= 11 is 0. The molecule has 1 fully saturated rings. The number of hydrogen-bond donors (Lipinski definition) is 1. The first-order valence-electron chi connectivity index (χ1n) is 6.73. The van der Waals surface area contributed by atoms with Gasteiger partial charge in [0.1, 0.15) is 0 Å². The number of aryl methyl sites for hydroxylation is 1. The fraction of sp³-hybridized carbons (Fsp3) is 0.769. The molecule has 2 unspecified atom stereocenters. The second kappa shape index (κ2) is 6.31. The zero-order valence-corrected chi connectivity index (χ0v) is 11.6. The van der Waals surface area contributed by atoms with E-state index in [1.165, 1.54) is 5.56 Å². The van der Waals surface area contributed by atoms with E-state index in [-0.39, 0.29) is 6.10 Å². The van der Waals surface area contributed by atoms with Gasteiger partial charge in [-0.25, -0.2) is 0 Å². The van der Waals surface area contributed by atoms with Crippen LogP contribution in [0.1, 0.15) is 24.9 Å². The maximum Gasteiger partial charge on any atom is 0.0897 e. The minimum Gasteiger partial charge on any atom is -0.374 e. The zero-order chi connectivity index (χ0) is 13.0. The van der Waals surface area contributed by atoms with Gasteiger partial charge in [-0.3, -0.25) is 9.58 Å². The fourth-order valence-corrected chi connectivity index (χ4v) is 2.52. The number of morpholine rings is 1. The molecule has 102 valence electrons. The highest BCUT2D eigenvalue weighted by molar-refractivity contribution is 5.13. The van der Waals surface area contributed by atoms with E-state index in [1.54, 1.807) is 0 Å². The Balaban J connectivity index is 2.05. The van der Waals surface area contributed by atoms with Crippen LogP contribution in [-0.2, 0) is 11.8 Å². The molecule has 0 bridgehead atoms. The van der Waals surface area contributed by atoms with Crippen molar-refractivity contribution < 1.29 is 4.74 Å². The topological polar surface area (TPSA) is 42.3 Å². The molecule has 2 atom stereocenters. The van der Waals surface area contributed by atoms with Crippen LogP contribution in [0.3, 0.4) is 0 Å². The van der Waals surface area contributed by atoms with Crippen LogP contribution in [0.5, 0.6) is 0 Å². The number of likely N-dealkylation sites (N-methyl/N-ethyl adjacent to an activating group) is 1. The fourth-order valence-electron chi connectivity index (χ4n) is 2.52. The monoisotopic (exact) mass is 252 g/mol. The van der Waals surface area contributed by atoms with Crippen LogP contribution in [0.15, 0.2) is 12.4 Å². The molecule has 1 N–H and O–H groups in total. The van der Waals surface area contributed by atoms with Crippen molar-refractivity contribution in [3.05, 3.63) is 18.0 Å². The molecule has 5 nitrogen and oxygen atoms in total. The number of ether oxygens (including phenoxy) is 1. The van der Waals surface area contributed by atoms with Gasteiger partial charge in [0.25, 0.3) is 0 Å². The van der Waals surface area contributed by atoms with Crippen molar-refractivity contribution in [2.75, 3.05) is 33.3 Å². The van der Waals surface area contributed by atoms with E-state index in [9.17, 15) is 0 Å². The molecule has 5 heteroatoms. The van der Waals surface area contributed by atoms with Crippen LogP contribution in [0.25, 0.3) is 0 Å². The van der Waals surface area contributed by atoms with E-state index in [1.807, 2.05) is 17.9 Å². The predicted molar refractivity (Wildman–Crippen MR) is 71.5 cm³/mol. The molecule has 0 spiro atoms. The van der Waals surface area contributed by atoms with Gasteiger partial charge >= 0.3 is 0 Å². The second-order valence-corrected chi connectivity index (χ2v) is 4.99. The lowest BCUT2D eigenvalue weighted by Gasteiger charge is -2.38. The Morgan fingerprint density at radius 2 is 2.33 bits per heavy atom. The molecule has 0 saturated carbocycles. The summed E-state index contributed by atoms with van der Waals surface area (Å²) < 4.78 is 7.79. The zero-order valence-electron chi connectivity index (χ0n) is 11.6. The van der Waals surface area contributed by atoms with Gasteiger partial charge in [0.05, 0.1) is 24.9 Å². The van der Waals surface area contributed by atoms with Gasteiger partial charge in [0.2, 0.25) is 0 Å². The summed E-state index contributed by atoms with van der Waals surface area (Å²) in [5.41, 5.74) is 1.24. The lowest BCUT2D eigenvalue weighted by molar-refractivity contribution is -0.0613. The van der Waals surface area contributed by atoms with E-state index < -0.39 is 0 Å². The summed E-state index contributed by atoms with van der Waals surface area (Å²) in [5, 5.41) is 7.72. The van der Waals surface area contributed by atoms with Gasteiger partial charge < -0.3 is 10.1 Å². The molecule has 2 heterocycles. The third-order valence-electron chi connectivity index (χ3n) is 3.44. The van der Waals surface area contributed by atoms with Gasteiger partial charge in [-0.2, -0.15) is 5.10 Å². The van der Waals surface area contributed by atoms with E-state index in [0.29, 0.717) is 6.04 Å². The lowest BCUT2D eigenvalue weighted by atomic mass is 10.0. The third-order valence-corrected chi connectivity index (χ3v) is 3.44. The molecule has 1 saturated heterocycles. The number of nitrogens with one attached hydrogen (secondary N) is 1. The first-order valence-corrected chi connectivity index (χ1v) is 6.73. The van der Waals surface area contributed by atoms with Crippen LogP contribution < -0.4 is 5.32 Å². The Morgan fingerprint density at radius 3 is 3.00 bits per heavy atom. The van der Waals surface area contributed by atoms with Crippen molar-refractivity contribution in [2.45, 2.75) is 25.5 Å². The van der Waals surface area contributed by atoms with Crippen molar-refractivity contribution >= 4 is 0 Å². The molecular formula is C13H24N4O. The molecule has 0 aliphatic carbocycles. The largest absolute Gasteiger partial charge is 0.374 e. The summed E-state index contributed by atoms with van der Waals surface area (Å²) in [6.45, 7) is 5.91. The highest BCUT2D eigenvalue weighted by atomic mass is 16.5. The highest BCUT2D eigenvalue weighted by Gasteiger charge is 2.31. The van der Waals surface area contributed by atoms with E-state index >= 15 is 0 Å². The Bertz CT molecular complexity index is 366. The maximum absolute atomic E-state index is 5.93. The molecule has 1 aliphatic heterocycles. The van der Waals surface area contributed by atoms with Gasteiger partial charge in [-0.05, 0) is 20.0 Å². The van der Waals surface area contributed by atoms with Crippen molar-refractivity contribution in [1.29, 1.82) is 0 Å². The summed E-state index contributed by atoms with van der Waals surface area (Å²) in [7, 11) is 4.12. The van der Waals surface area contributed by atoms with Crippen LogP contribution in [0, 0.1) is 0 Å². The van der Waals surface area contributed by atoms with Gasteiger partial charge in [-0.15, -0.1) is 0 Å². The molecule has 18 heavy (non-hydrogen) atoms. The molecule has 1 aromatic heterocycles. The first-order chi connectivity index (χ1) is 8.72. The molecule has 2 rings (SSSR count). The SMILES string of the molecule is CCCNCC1OCCN(C)C1c1cnn(C)c1. The Kier molecular flexibility index (Phi) is 4.74. The number of aromatic nitrogens is 2. The molecule has 1 aromatic rings. The second-order valence-electron chi connectivity index (χ2n) is 4.99. The van der Waals surface area contributed by atoms with Crippen LogP contribution in [-0.4, -0.2) is 54.1 Å². The van der Waals surface area contributed by atoms with Crippen molar-refractivity contribution in [3.63, 3.8) is 0 Å². The minimum atomic E-state index is 0.208. The average Bonchev–Trinajstić information content (AvgIpc) is 2.76. The lowest BCUT2D eigenvalue weighted by Crippen LogP contribution is -2.47. The normalized spacial score (nSPS) is 25.5. The smallest absolute Gasteiger partial charge is 0.0897 e. The Morgan fingerprint density at radius 1 is 1.50 bits per heavy atom. The summed E-state index contributed by atoms with van der Waals surface area (Å²) in [4.78, 5) is 2.36. The Hall–Kier alpha value is -0.910. The van der Waals surface area contributed by atoms with Crippen molar-refractivity contribution in [1.82, 2.24) is 20.0 Å². The third kappa shape index (κ3) is 3.10. The molecule has 1 aliphatic rings. The van der Waals surface area contributed by atoms with Gasteiger partial charge in [-0.1, -0.05) is 6.92 Å². The number of rotatable bonds is 5. The highest BCUT2D eigenvalue weighted by Crippen LogP contribution is 2.27. The van der Waals surface area contributed by atoms with Crippen LogP contribution >= 0.6 is 0 Å². The summed E-state index contributed by atoms with van der Waals surface area (Å²) in [5.74, 6) is 0. The Labute approximate surface area is 109 Å². The standard InChI is InChI=1S/C13H24N4O/c1-4-5-14-9-12-13(16(2)6-7-18-12)11-8-15-17(3)10-11/h8,10,12-14H,4-7,9H2,1-3H3. The van der Waals surface area contributed by atoms with E-state index in [4.69, 9.17) is 4.74 Å². The van der Waals surface area contributed by atoms with E-state index in [2.05, 4.69) is 35.5 Å². The van der Waals surface area contributed by atoms with Gasteiger partial charge in [0, 0.05) is 31.9 Å². The maximum atomic E-state index is 5.93. The summed E-state index contributed by atoms with van der Waals surface area (Å²) in [6, 6.07) is 0.303. The summed E-state index contributed by atoms with van der Waals surface area (Å²) in [6.07, 6.45) is 5.39. The molecule has 0 amide bonds. The molecular weight excluding hydrogens is 228 g/mol. The average molecular weight is 252 g/mol. The number of hydrogen-bond acceptors (Lipinski definition) is 4. The number of nitrogens with zero attached hydrogens (tertiary/aromatic N) is 3. The van der Waals surface area contributed by atoms with Gasteiger partial charge in [0.15, 0.2) is 0 Å². The van der Waals surface area contributed by atoms with E-state index in [0.717, 1.165) is 32.7 Å². The molecule has 0 radical (unpaired) electrons. The first kappa shape index (κ1) is 13.5. The minimum absolute atomic E-state index is 0.208. The quantitative estimate of drug-likeness (QED) is 0.787. The van der Waals surface area contributed by atoms with Crippen LogP contribution in [0.2, 0.25) is 0 Å². The molecule has 0 aromatic carbocycles. The van der Waals surface area contributed by atoms with Crippen molar-refractivity contribution in [3.8, 4) is 0 Å².